The van der Waals surface area contributed by atoms with Crippen LogP contribution in [-0.2, 0) is 6.18 Å². The number of benzene rings is 2. The van der Waals surface area contributed by atoms with Gasteiger partial charge in [0.25, 0.3) is 5.91 Å². The highest BCUT2D eigenvalue weighted by atomic mass is 19.4. The number of aromatic nitrogens is 5. The van der Waals surface area contributed by atoms with E-state index in [1.807, 2.05) is 35.2 Å². The van der Waals surface area contributed by atoms with Crippen LogP contribution in [0.4, 0.5) is 19.0 Å². The zero-order valence-corrected chi connectivity index (χ0v) is 17.3. The number of carbonyl (C=O) groups excluding carboxylic acids is 1. The van der Waals surface area contributed by atoms with Crippen molar-refractivity contribution in [2.24, 2.45) is 0 Å². The van der Waals surface area contributed by atoms with Crippen molar-refractivity contribution in [2.75, 3.05) is 31.1 Å². The van der Waals surface area contributed by atoms with Gasteiger partial charge >= 0.3 is 6.18 Å². The monoisotopic (exact) mass is 453 g/mol. The molecule has 1 fully saturated rings. The summed E-state index contributed by atoms with van der Waals surface area (Å²) in [5.41, 5.74) is 0.608. The Morgan fingerprint density at radius 1 is 0.879 bits per heavy atom. The van der Waals surface area contributed by atoms with Gasteiger partial charge in [-0.3, -0.25) is 4.79 Å². The first-order valence-corrected chi connectivity index (χ1v) is 10.3. The molecular formula is C22H18F3N7O. The summed E-state index contributed by atoms with van der Waals surface area (Å²) in [5, 5.41) is 8.45. The summed E-state index contributed by atoms with van der Waals surface area (Å²) in [6, 6.07) is 14.3. The quantitative estimate of drug-likeness (QED) is 0.474. The molecule has 4 aromatic rings. The maximum atomic E-state index is 13.3. The average molecular weight is 453 g/mol. The van der Waals surface area contributed by atoms with Crippen molar-refractivity contribution in [1.82, 2.24) is 29.9 Å². The molecule has 0 unspecified atom stereocenters. The van der Waals surface area contributed by atoms with Gasteiger partial charge in [0.2, 0.25) is 0 Å². The summed E-state index contributed by atoms with van der Waals surface area (Å²) < 4.78 is 41.6. The molecule has 3 heterocycles. The number of nitrogens with zero attached hydrogens (tertiary/aromatic N) is 7. The molecule has 1 amide bonds. The minimum absolute atomic E-state index is 0.253. The molecular weight excluding hydrogens is 435 g/mol. The lowest BCUT2D eigenvalue weighted by molar-refractivity contribution is -0.138. The van der Waals surface area contributed by atoms with Crippen LogP contribution in [0.1, 0.15) is 15.9 Å². The van der Waals surface area contributed by atoms with Gasteiger partial charge in [0.05, 0.1) is 16.8 Å². The van der Waals surface area contributed by atoms with Gasteiger partial charge in [0, 0.05) is 26.2 Å². The van der Waals surface area contributed by atoms with Gasteiger partial charge in [-0.1, -0.05) is 35.5 Å². The standard InChI is InChI=1S/C22H18F3N7O/c23-22(24,25)17-9-5-4-8-16(17)21(33)31-12-10-30(11-13-31)19-18-20(27-14-26-19)32(29-28-18)15-6-2-1-3-7-15/h1-9,14H,10-13H2. The van der Waals surface area contributed by atoms with Crippen LogP contribution in [0.3, 0.4) is 0 Å². The molecule has 0 saturated carbocycles. The van der Waals surface area contributed by atoms with Crippen LogP contribution in [-0.4, -0.2) is 61.9 Å². The molecule has 5 rings (SSSR count). The molecule has 1 aliphatic heterocycles. The first-order valence-electron chi connectivity index (χ1n) is 10.3. The number of carbonyl (C=O) groups is 1. The van der Waals surface area contributed by atoms with Gasteiger partial charge in [-0.2, -0.15) is 17.9 Å². The van der Waals surface area contributed by atoms with Crippen LogP contribution in [0.25, 0.3) is 16.9 Å². The number of piperazine rings is 1. The predicted molar refractivity (Wildman–Crippen MR) is 114 cm³/mol. The van der Waals surface area contributed by atoms with Crippen molar-refractivity contribution < 1.29 is 18.0 Å². The molecule has 2 aromatic heterocycles. The number of para-hydroxylation sites is 1. The molecule has 1 saturated heterocycles. The van der Waals surface area contributed by atoms with Crippen LogP contribution in [0.5, 0.6) is 0 Å². The van der Waals surface area contributed by atoms with Gasteiger partial charge in [0.1, 0.15) is 6.33 Å². The molecule has 168 valence electrons. The minimum Gasteiger partial charge on any atom is -0.351 e. The van der Waals surface area contributed by atoms with Crippen molar-refractivity contribution in [3.63, 3.8) is 0 Å². The van der Waals surface area contributed by atoms with E-state index in [2.05, 4.69) is 20.3 Å². The van der Waals surface area contributed by atoms with E-state index in [0.29, 0.717) is 30.1 Å². The highest BCUT2D eigenvalue weighted by Crippen LogP contribution is 2.32. The normalized spacial score (nSPS) is 14.6. The summed E-state index contributed by atoms with van der Waals surface area (Å²) in [5.74, 6) is -0.0598. The summed E-state index contributed by atoms with van der Waals surface area (Å²) in [7, 11) is 0. The molecule has 0 atom stereocenters. The number of amides is 1. The molecule has 1 aliphatic rings. The Morgan fingerprint density at radius 3 is 2.30 bits per heavy atom. The fourth-order valence-corrected chi connectivity index (χ4v) is 3.92. The zero-order valence-electron chi connectivity index (χ0n) is 17.3. The van der Waals surface area contributed by atoms with Crippen molar-refractivity contribution in [2.45, 2.75) is 6.18 Å². The van der Waals surface area contributed by atoms with Crippen molar-refractivity contribution in [3.8, 4) is 5.69 Å². The summed E-state index contributed by atoms with van der Waals surface area (Å²) in [6.45, 7) is 1.29. The lowest BCUT2D eigenvalue weighted by Gasteiger charge is -2.35. The summed E-state index contributed by atoms with van der Waals surface area (Å²) in [6.07, 6.45) is -3.16. The van der Waals surface area contributed by atoms with E-state index in [4.69, 9.17) is 0 Å². The fourth-order valence-electron chi connectivity index (χ4n) is 3.92. The Morgan fingerprint density at radius 2 is 1.58 bits per heavy atom. The number of rotatable bonds is 3. The van der Waals surface area contributed by atoms with Crippen molar-refractivity contribution in [1.29, 1.82) is 0 Å². The molecule has 0 spiro atoms. The second kappa shape index (κ2) is 8.15. The van der Waals surface area contributed by atoms with E-state index in [0.717, 1.165) is 11.8 Å². The van der Waals surface area contributed by atoms with Crippen molar-refractivity contribution in [3.05, 3.63) is 72.1 Å². The molecule has 0 aliphatic carbocycles. The minimum atomic E-state index is -4.59. The third kappa shape index (κ3) is 3.86. The Bertz CT molecular complexity index is 1300. The van der Waals surface area contributed by atoms with Gasteiger partial charge in [0.15, 0.2) is 17.0 Å². The molecule has 2 aromatic carbocycles. The maximum Gasteiger partial charge on any atom is 0.417 e. The highest BCUT2D eigenvalue weighted by molar-refractivity contribution is 5.96. The lowest BCUT2D eigenvalue weighted by atomic mass is 10.1. The molecule has 11 heteroatoms. The van der Waals surface area contributed by atoms with E-state index in [-0.39, 0.29) is 18.7 Å². The topological polar surface area (TPSA) is 80.0 Å². The van der Waals surface area contributed by atoms with Gasteiger partial charge < -0.3 is 9.80 Å². The van der Waals surface area contributed by atoms with Crippen LogP contribution < -0.4 is 4.90 Å². The third-order valence-corrected chi connectivity index (χ3v) is 5.55. The highest BCUT2D eigenvalue weighted by Gasteiger charge is 2.36. The SMILES string of the molecule is O=C(c1ccccc1C(F)(F)F)N1CCN(c2ncnc3c2nnn3-c2ccccc2)CC1. The Labute approximate surface area is 186 Å². The molecule has 0 radical (unpaired) electrons. The van der Waals surface area contributed by atoms with Gasteiger partial charge in [-0.25, -0.2) is 9.97 Å². The van der Waals surface area contributed by atoms with E-state index < -0.39 is 17.6 Å². The average Bonchev–Trinajstić information content (AvgIpc) is 3.28. The van der Waals surface area contributed by atoms with E-state index >= 15 is 0 Å². The number of fused-ring (bicyclic) bond motifs is 1. The van der Waals surface area contributed by atoms with Gasteiger partial charge in [-0.15, -0.1) is 5.10 Å². The van der Waals surface area contributed by atoms with E-state index in [9.17, 15) is 18.0 Å². The smallest absolute Gasteiger partial charge is 0.351 e. The molecule has 0 bridgehead atoms. The molecule has 33 heavy (non-hydrogen) atoms. The Kier molecular flexibility index (Phi) is 5.15. The van der Waals surface area contributed by atoms with E-state index in [1.54, 1.807) is 4.68 Å². The van der Waals surface area contributed by atoms with Crippen LogP contribution >= 0.6 is 0 Å². The fraction of sp³-hybridized carbons (Fsp3) is 0.227. The first-order chi connectivity index (χ1) is 15.9. The second-order valence-corrected chi connectivity index (χ2v) is 7.53. The van der Waals surface area contributed by atoms with Crippen LogP contribution in [0.15, 0.2) is 60.9 Å². The lowest BCUT2D eigenvalue weighted by Crippen LogP contribution is -2.49. The Balaban J connectivity index is 1.36. The second-order valence-electron chi connectivity index (χ2n) is 7.53. The van der Waals surface area contributed by atoms with Crippen LogP contribution in [0, 0.1) is 0 Å². The first kappa shape index (κ1) is 20.9. The third-order valence-electron chi connectivity index (χ3n) is 5.55. The molecule has 0 N–H and O–H groups in total. The number of hydrogen-bond donors (Lipinski definition) is 0. The molecule has 8 nitrogen and oxygen atoms in total. The number of alkyl halides is 3. The number of hydrogen-bond acceptors (Lipinski definition) is 6. The van der Waals surface area contributed by atoms with Crippen LogP contribution in [0.2, 0.25) is 0 Å². The summed E-state index contributed by atoms with van der Waals surface area (Å²) in [4.78, 5) is 24.9. The number of halogens is 3. The number of anilines is 1. The summed E-state index contributed by atoms with van der Waals surface area (Å²) >= 11 is 0. The van der Waals surface area contributed by atoms with Gasteiger partial charge in [-0.05, 0) is 24.3 Å². The Hall–Kier alpha value is -4.02. The van der Waals surface area contributed by atoms with E-state index in [1.165, 1.54) is 29.4 Å². The predicted octanol–water partition coefficient (Wildman–Crippen LogP) is 3.19. The largest absolute Gasteiger partial charge is 0.417 e. The maximum absolute atomic E-state index is 13.3. The van der Waals surface area contributed by atoms with Crippen molar-refractivity contribution >= 4 is 22.9 Å². The zero-order chi connectivity index (χ0) is 23.0.